The summed E-state index contributed by atoms with van der Waals surface area (Å²) in [6.07, 6.45) is 0. The highest BCUT2D eigenvalue weighted by Gasteiger charge is 2.37. The zero-order valence-corrected chi connectivity index (χ0v) is 13.4. The average Bonchev–Trinajstić information content (AvgIpc) is 2.64. The number of hydrogen-bond donors (Lipinski definition) is 1. The summed E-state index contributed by atoms with van der Waals surface area (Å²) in [6, 6.07) is 25.3. The molecule has 0 aliphatic rings. The van der Waals surface area contributed by atoms with Crippen molar-refractivity contribution in [2.75, 3.05) is 0 Å². The molecule has 1 N–H and O–H groups in total. The summed E-state index contributed by atoms with van der Waals surface area (Å²) in [6.45, 7) is 0. The summed E-state index contributed by atoms with van der Waals surface area (Å²) >= 11 is 6.05. The Bertz CT molecular complexity index is 875. The fraction of sp³-hybridized carbons (Fsp3) is 0.0500. The van der Waals surface area contributed by atoms with E-state index in [0.29, 0.717) is 16.9 Å². The van der Waals surface area contributed by atoms with Gasteiger partial charge in [0.15, 0.2) is 0 Å². The van der Waals surface area contributed by atoms with E-state index in [1.54, 1.807) is 24.3 Å². The molecule has 1 unspecified atom stereocenters. The molecule has 3 rings (SSSR count). The van der Waals surface area contributed by atoms with Crippen LogP contribution in [-0.4, -0.2) is 5.11 Å². The van der Waals surface area contributed by atoms with E-state index in [9.17, 15) is 10.4 Å². The quantitative estimate of drug-likeness (QED) is 0.738. The maximum Gasteiger partial charge on any atom is 0.245 e. The lowest BCUT2D eigenvalue weighted by Crippen LogP contribution is -2.33. The molecule has 0 aliphatic heterocycles. The number of ether oxygens (including phenoxy) is 1. The van der Waals surface area contributed by atoms with Gasteiger partial charge in [-0.3, -0.25) is 0 Å². The molecule has 0 aromatic heterocycles. The van der Waals surface area contributed by atoms with Gasteiger partial charge in [0.25, 0.3) is 0 Å². The Morgan fingerprint density at radius 1 is 0.875 bits per heavy atom. The standard InChI is InChI=1S/C20H14ClNO2/c21-18-13-16(11-12-19(18)23)20(14-22,15-7-3-1-4-8-15)24-17-9-5-2-6-10-17/h1-13,23H. The van der Waals surface area contributed by atoms with Crippen LogP contribution in [0.5, 0.6) is 11.5 Å². The highest BCUT2D eigenvalue weighted by Crippen LogP contribution is 2.37. The van der Waals surface area contributed by atoms with Gasteiger partial charge in [0.05, 0.1) is 5.02 Å². The second-order valence-electron chi connectivity index (χ2n) is 5.24. The van der Waals surface area contributed by atoms with Crippen LogP contribution in [0.2, 0.25) is 5.02 Å². The molecule has 24 heavy (non-hydrogen) atoms. The van der Waals surface area contributed by atoms with Gasteiger partial charge in [0.1, 0.15) is 17.6 Å². The topological polar surface area (TPSA) is 53.2 Å². The van der Waals surface area contributed by atoms with E-state index in [-0.39, 0.29) is 10.8 Å². The van der Waals surface area contributed by atoms with Gasteiger partial charge in [0, 0.05) is 11.1 Å². The number of halogens is 1. The van der Waals surface area contributed by atoms with Crippen LogP contribution in [0.1, 0.15) is 11.1 Å². The van der Waals surface area contributed by atoms with E-state index in [4.69, 9.17) is 16.3 Å². The first-order valence-corrected chi connectivity index (χ1v) is 7.73. The van der Waals surface area contributed by atoms with Gasteiger partial charge in [-0.05, 0) is 30.3 Å². The first-order chi connectivity index (χ1) is 11.7. The third-order valence-corrected chi connectivity index (χ3v) is 4.01. The lowest BCUT2D eigenvalue weighted by Gasteiger charge is -2.29. The number of aromatic hydroxyl groups is 1. The number of para-hydroxylation sites is 1. The van der Waals surface area contributed by atoms with Crippen molar-refractivity contribution in [3.05, 3.63) is 95.0 Å². The van der Waals surface area contributed by atoms with E-state index in [1.807, 2.05) is 48.5 Å². The Morgan fingerprint density at radius 3 is 2.08 bits per heavy atom. The van der Waals surface area contributed by atoms with Crippen LogP contribution < -0.4 is 4.74 Å². The minimum Gasteiger partial charge on any atom is -0.506 e. The lowest BCUT2D eigenvalue weighted by atomic mass is 9.87. The second-order valence-corrected chi connectivity index (χ2v) is 5.65. The van der Waals surface area contributed by atoms with Crippen molar-refractivity contribution in [2.24, 2.45) is 0 Å². The van der Waals surface area contributed by atoms with Crippen molar-refractivity contribution in [3.8, 4) is 17.6 Å². The third-order valence-electron chi connectivity index (χ3n) is 3.71. The predicted octanol–water partition coefficient (Wildman–Crippen LogP) is 4.89. The summed E-state index contributed by atoms with van der Waals surface area (Å²) in [5.41, 5.74) is -0.152. The number of benzene rings is 3. The van der Waals surface area contributed by atoms with Gasteiger partial charge in [-0.25, -0.2) is 0 Å². The van der Waals surface area contributed by atoms with Crippen molar-refractivity contribution < 1.29 is 9.84 Å². The fourth-order valence-corrected chi connectivity index (χ4v) is 2.68. The maximum atomic E-state index is 10.0. The van der Waals surface area contributed by atoms with Gasteiger partial charge in [-0.2, -0.15) is 5.26 Å². The number of nitrogens with zero attached hydrogens (tertiary/aromatic N) is 1. The molecule has 0 radical (unpaired) electrons. The van der Waals surface area contributed by atoms with Crippen LogP contribution in [0.15, 0.2) is 78.9 Å². The zero-order chi connectivity index (χ0) is 17.0. The summed E-state index contributed by atoms with van der Waals surface area (Å²) < 4.78 is 6.12. The molecule has 0 saturated heterocycles. The number of nitriles is 1. The summed E-state index contributed by atoms with van der Waals surface area (Å²) in [4.78, 5) is 0. The van der Waals surface area contributed by atoms with Crippen molar-refractivity contribution in [2.45, 2.75) is 5.60 Å². The van der Waals surface area contributed by atoms with Gasteiger partial charge >= 0.3 is 0 Å². The zero-order valence-electron chi connectivity index (χ0n) is 12.7. The minimum absolute atomic E-state index is 0.0416. The first kappa shape index (κ1) is 15.9. The molecule has 3 aromatic rings. The summed E-state index contributed by atoms with van der Waals surface area (Å²) in [5, 5.41) is 19.9. The smallest absolute Gasteiger partial charge is 0.245 e. The number of hydrogen-bond acceptors (Lipinski definition) is 3. The Labute approximate surface area is 145 Å². The molecule has 4 heteroatoms. The van der Waals surface area contributed by atoms with E-state index >= 15 is 0 Å². The molecule has 0 fully saturated rings. The Hall–Kier alpha value is -2.96. The van der Waals surface area contributed by atoms with E-state index in [0.717, 1.165) is 0 Å². The van der Waals surface area contributed by atoms with Crippen LogP contribution in [-0.2, 0) is 5.60 Å². The van der Waals surface area contributed by atoms with Crippen LogP contribution in [0, 0.1) is 11.3 Å². The van der Waals surface area contributed by atoms with Gasteiger partial charge in [-0.1, -0.05) is 60.1 Å². The Morgan fingerprint density at radius 2 is 1.50 bits per heavy atom. The molecular weight excluding hydrogens is 322 g/mol. The van der Waals surface area contributed by atoms with Crippen molar-refractivity contribution in [1.82, 2.24) is 0 Å². The molecule has 0 bridgehead atoms. The van der Waals surface area contributed by atoms with Gasteiger partial charge in [0.2, 0.25) is 5.60 Å². The number of rotatable bonds is 4. The molecular formula is C20H14ClNO2. The largest absolute Gasteiger partial charge is 0.506 e. The van der Waals surface area contributed by atoms with Crippen molar-refractivity contribution in [3.63, 3.8) is 0 Å². The van der Waals surface area contributed by atoms with Crippen LogP contribution in [0.3, 0.4) is 0 Å². The average molecular weight is 336 g/mol. The van der Waals surface area contributed by atoms with Gasteiger partial charge in [-0.15, -0.1) is 0 Å². The Kier molecular flexibility index (Phi) is 4.41. The van der Waals surface area contributed by atoms with E-state index in [2.05, 4.69) is 6.07 Å². The minimum atomic E-state index is -1.38. The molecule has 0 spiro atoms. The van der Waals surface area contributed by atoms with Crippen LogP contribution in [0.4, 0.5) is 0 Å². The lowest BCUT2D eigenvalue weighted by molar-refractivity contribution is 0.172. The molecule has 0 aliphatic carbocycles. The van der Waals surface area contributed by atoms with Crippen molar-refractivity contribution >= 4 is 11.6 Å². The maximum absolute atomic E-state index is 10.0. The Balaban J connectivity index is 2.19. The summed E-state index contributed by atoms with van der Waals surface area (Å²) in [5.74, 6) is 0.520. The SMILES string of the molecule is N#CC(Oc1ccccc1)(c1ccccc1)c1ccc(O)c(Cl)c1. The first-order valence-electron chi connectivity index (χ1n) is 7.35. The predicted molar refractivity (Wildman–Crippen MR) is 93.0 cm³/mol. The molecule has 0 heterocycles. The summed E-state index contributed by atoms with van der Waals surface area (Å²) in [7, 11) is 0. The molecule has 118 valence electrons. The van der Waals surface area contributed by atoms with Gasteiger partial charge < -0.3 is 9.84 Å². The molecule has 0 saturated carbocycles. The molecule has 3 aromatic carbocycles. The van der Waals surface area contributed by atoms with E-state index < -0.39 is 5.60 Å². The van der Waals surface area contributed by atoms with Crippen LogP contribution >= 0.6 is 11.6 Å². The molecule has 3 nitrogen and oxygen atoms in total. The third kappa shape index (κ3) is 2.92. The highest BCUT2D eigenvalue weighted by molar-refractivity contribution is 6.32. The number of phenolic OH excluding ortho intramolecular Hbond substituents is 1. The monoisotopic (exact) mass is 335 g/mol. The normalized spacial score (nSPS) is 12.8. The second kappa shape index (κ2) is 6.66. The van der Waals surface area contributed by atoms with E-state index in [1.165, 1.54) is 6.07 Å². The fourth-order valence-electron chi connectivity index (χ4n) is 2.50. The number of phenols is 1. The van der Waals surface area contributed by atoms with Crippen LogP contribution in [0.25, 0.3) is 0 Å². The molecule has 1 atom stereocenters. The highest BCUT2D eigenvalue weighted by atomic mass is 35.5. The molecule has 0 amide bonds. The van der Waals surface area contributed by atoms with Crippen molar-refractivity contribution in [1.29, 1.82) is 5.26 Å².